The molecule has 2 unspecified atom stereocenters. The molecule has 0 bridgehead atoms. The van der Waals surface area contributed by atoms with E-state index in [9.17, 15) is 4.79 Å². The van der Waals surface area contributed by atoms with Gasteiger partial charge in [-0.15, -0.1) is 11.8 Å². The summed E-state index contributed by atoms with van der Waals surface area (Å²) in [7, 11) is 0. The molecule has 2 aliphatic rings. The first-order chi connectivity index (χ1) is 4.81. The molecular weight excluding hydrogens is 261 g/mol. The quantitative estimate of drug-likeness (QED) is 0.403. The summed E-state index contributed by atoms with van der Waals surface area (Å²) in [4.78, 5) is 12.9. The van der Waals surface area contributed by atoms with Crippen molar-refractivity contribution in [2.45, 2.75) is 17.0 Å². The molecule has 1 amide bonds. The van der Waals surface area contributed by atoms with Crippen molar-refractivity contribution in [3.8, 4) is 0 Å². The number of hydrogen-bond acceptors (Lipinski definition) is 2. The first kappa shape index (κ1) is 7.21. The highest BCUT2D eigenvalue weighted by Gasteiger charge is 2.44. The third kappa shape index (κ3) is 0.958. The number of carbonyl (C=O) groups is 1. The van der Waals surface area contributed by atoms with Crippen molar-refractivity contribution in [2.75, 3.05) is 11.0 Å². The molecule has 2 atom stereocenters. The van der Waals surface area contributed by atoms with Crippen LogP contribution in [-0.2, 0) is 4.79 Å². The van der Waals surface area contributed by atoms with Crippen LogP contribution in [0, 0.1) is 0 Å². The van der Waals surface area contributed by atoms with Crippen LogP contribution in [0.2, 0.25) is 0 Å². The van der Waals surface area contributed by atoms with E-state index in [-0.39, 0.29) is 0 Å². The van der Waals surface area contributed by atoms with Gasteiger partial charge >= 0.3 is 0 Å². The van der Waals surface area contributed by atoms with Gasteiger partial charge in [0.25, 0.3) is 0 Å². The summed E-state index contributed by atoms with van der Waals surface area (Å²) >= 11 is 4.35. The van der Waals surface area contributed by atoms with E-state index in [1.807, 2.05) is 16.7 Å². The average molecular weight is 269 g/mol. The zero-order chi connectivity index (χ0) is 7.14. The van der Waals surface area contributed by atoms with E-state index < -0.39 is 0 Å². The molecule has 0 aromatic heterocycles. The Hall–Kier alpha value is 0.550. The molecular formula is C6H8INOS. The van der Waals surface area contributed by atoms with Crippen molar-refractivity contribution in [3.63, 3.8) is 0 Å². The Morgan fingerprint density at radius 2 is 2.60 bits per heavy atom. The van der Waals surface area contributed by atoms with Gasteiger partial charge in [0.1, 0.15) is 0 Å². The van der Waals surface area contributed by atoms with Gasteiger partial charge in [-0.1, -0.05) is 22.6 Å². The Labute approximate surface area is 77.9 Å². The first-order valence-electron chi connectivity index (χ1n) is 3.32. The smallest absolute Gasteiger partial charge is 0.226 e. The monoisotopic (exact) mass is 269 g/mol. The molecule has 4 heteroatoms. The number of β-lactam (4-membered cyclic amide) rings is 1. The second-order valence-corrected chi connectivity index (χ2v) is 4.98. The Balaban J connectivity index is 1.99. The number of fused-ring (bicyclic) bond motifs is 1. The number of rotatable bonds is 1. The van der Waals surface area contributed by atoms with E-state index in [1.165, 1.54) is 4.43 Å². The van der Waals surface area contributed by atoms with Crippen molar-refractivity contribution in [3.05, 3.63) is 0 Å². The summed E-state index contributed by atoms with van der Waals surface area (Å²) < 4.78 is 1.17. The van der Waals surface area contributed by atoms with E-state index in [0.29, 0.717) is 16.5 Å². The highest BCUT2D eigenvalue weighted by molar-refractivity contribution is 14.1. The number of thioether (sulfide) groups is 1. The van der Waals surface area contributed by atoms with Crippen LogP contribution in [-0.4, -0.2) is 32.4 Å². The fraction of sp³-hybridized carbons (Fsp3) is 0.833. The maximum atomic E-state index is 10.9. The predicted octanol–water partition coefficient (Wildman–Crippen LogP) is 1.10. The molecule has 2 rings (SSSR count). The normalized spacial score (nSPS) is 37.7. The van der Waals surface area contributed by atoms with Gasteiger partial charge in [0.2, 0.25) is 5.91 Å². The third-order valence-electron chi connectivity index (χ3n) is 1.94. The van der Waals surface area contributed by atoms with Crippen molar-refractivity contribution in [1.29, 1.82) is 0 Å². The SMILES string of the molecule is O=C1CC2SC(CI)CN12. The van der Waals surface area contributed by atoms with Crippen molar-refractivity contribution >= 4 is 40.3 Å². The number of halogens is 1. The van der Waals surface area contributed by atoms with Gasteiger partial charge in [-0.25, -0.2) is 0 Å². The summed E-state index contributed by atoms with van der Waals surface area (Å²) in [5.74, 6) is 0.352. The minimum Gasteiger partial charge on any atom is -0.329 e. The highest BCUT2D eigenvalue weighted by atomic mass is 127. The van der Waals surface area contributed by atoms with Gasteiger partial charge in [-0.05, 0) is 0 Å². The summed E-state index contributed by atoms with van der Waals surface area (Å²) in [6.45, 7) is 0.997. The molecule has 10 heavy (non-hydrogen) atoms. The van der Waals surface area contributed by atoms with Crippen molar-refractivity contribution in [2.24, 2.45) is 0 Å². The number of carbonyl (C=O) groups excluding carboxylic acids is 1. The van der Waals surface area contributed by atoms with E-state index in [2.05, 4.69) is 22.6 Å². The molecule has 2 nitrogen and oxygen atoms in total. The lowest BCUT2D eigenvalue weighted by Crippen LogP contribution is -2.47. The van der Waals surface area contributed by atoms with Gasteiger partial charge < -0.3 is 4.90 Å². The second kappa shape index (κ2) is 2.55. The molecule has 0 aliphatic carbocycles. The fourth-order valence-corrected chi connectivity index (χ4v) is 3.59. The van der Waals surface area contributed by atoms with Crippen LogP contribution < -0.4 is 0 Å². The standard InChI is InChI=1S/C6H8INOS/c7-2-4-3-8-5(9)1-6(8)10-4/h4,6H,1-3H2. The van der Waals surface area contributed by atoms with Gasteiger partial charge in [-0.2, -0.15) is 0 Å². The van der Waals surface area contributed by atoms with Crippen LogP contribution in [0.15, 0.2) is 0 Å². The van der Waals surface area contributed by atoms with Gasteiger partial charge in [0.05, 0.1) is 11.8 Å². The van der Waals surface area contributed by atoms with E-state index >= 15 is 0 Å². The van der Waals surface area contributed by atoms with Crippen LogP contribution >= 0.6 is 34.4 Å². The molecule has 0 aromatic carbocycles. The molecule has 2 fully saturated rings. The average Bonchev–Trinajstić information content (AvgIpc) is 2.26. The van der Waals surface area contributed by atoms with Crippen molar-refractivity contribution in [1.82, 2.24) is 4.90 Å². The number of alkyl halides is 1. The van der Waals surface area contributed by atoms with E-state index in [1.54, 1.807) is 0 Å². The Bertz CT molecular complexity index is 175. The Morgan fingerprint density at radius 1 is 1.80 bits per heavy atom. The summed E-state index contributed by atoms with van der Waals surface area (Å²) in [6.07, 6.45) is 0.789. The maximum absolute atomic E-state index is 10.9. The third-order valence-corrected chi connectivity index (χ3v) is 5.04. The number of hydrogen-bond donors (Lipinski definition) is 0. The number of amides is 1. The molecule has 2 aliphatic heterocycles. The topological polar surface area (TPSA) is 20.3 Å². The maximum Gasteiger partial charge on any atom is 0.226 e. The van der Waals surface area contributed by atoms with Crippen LogP contribution in [0.5, 0.6) is 0 Å². The first-order valence-corrected chi connectivity index (χ1v) is 5.79. The summed E-state index contributed by atoms with van der Waals surface area (Å²) in [5.41, 5.74) is 0. The zero-order valence-electron chi connectivity index (χ0n) is 5.42. The predicted molar refractivity (Wildman–Crippen MR) is 50.4 cm³/mol. The highest BCUT2D eigenvalue weighted by Crippen LogP contribution is 2.40. The summed E-state index contributed by atoms with van der Waals surface area (Å²) in [5, 5.41) is 1.25. The van der Waals surface area contributed by atoms with Crippen LogP contribution in [0.4, 0.5) is 0 Å². The lowest BCUT2D eigenvalue weighted by atomic mass is 10.2. The molecule has 2 saturated heterocycles. The molecule has 0 radical (unpaired) electrons. The second-order valence-electron chi connectivity index (χ2n) is 2.62. The molecule has 0 N–H and O–H groups in total. The van der Waals surface area contributed by atoms with Crippen LogP contribution in [0.3, 0.4) is 0 Å². The fourth-order valence-electron chi connectivity index (χ4n) is 1.34. The minimum absolute atomic E-state index is 0.352. The molecule has 0 spiro atoms. The molecule has 0 aromatic rings. The molecule has 0 saturated carbocycles. The zero-order valence-corrected chi connectivity index (χ0v) is 8.39. The number of nitrogens with zero attached hydrogens (tertiary/aromatic N) is 1. The van der Waals surface area contributed by atoms with E-state index in [0.717, 1.165) is 13.0 Å². The Morgan fingerprint density at radius 3 is 3.10 bits per heavy atom. The molecule has 56 valence electrons. The van der Waals surface area contributed by atoms with Crippen LogP contribution in [0.1, 0.15) is 6.42 Å². The Kier molecular flexibility index (Phi) is 1.84. The van der Waals surface area contributed by atoms with E-state index in [4.69, 9.17) is 0 Å². The largest absolute Gasteiger partial charge is 0.329 e. The lowest BCUT2D eigenvalue weighted by molar-refractivity contribution is -0.140. The van der Waals surface area contributed by atoms with Gasteiger partial charge in [0.15, 0.2) is 0 Å². The van der Waals surface area contributed by atoms with Crippen LogP contribution in [0.25, 0.3) is 0 Å². The molecule has 2 heterocycles. The minimum atomic E-state index is 0.352. The lowest BCUT2D eigenvalue weighted by Gasteiger charge is -2.32. The van der Waals surface area contributed by atoms with Crippen molar-refractivity contribution < 1.29 is 4.79 Å². The summed E-state index contributed by atoms with van der Waals surface area (Å²) in [6, 6.07) is 0. The van der Waals surface area contributed by atoms with Gasteiger partial charge in [-0.3, -0.25) is 4.79 Å². The van der Waals surface area contributed by atoms with Gasteiger partial charge in [0, 0.05) is 16.2 Å².